The Morgan fingerprint density at radius 2 is 2.17 bits per heavy atom. The Morgan fingerprint density at radius 1 is 1.44 bits per heavy atom. The van der Waals surface area contributed by atoms with Gasteiger partial charge in [-0.25, -0.2) is 0 Å². The average Bonchev–Trinajstić information content (AvgIpc) is 2.32. The van der Waals surface area contributed by atoms with Gasteiger partial charge in [-0.3, -0.25) is 4.79 Å². The number of rotatable bonds is 5. The topological polar surface area (TPSA) is 84.6 Å². The van der Waals surface area contributed by atoms with Crippen LogP contribution in [0.25, 0.3) is 0 Å². The molecule has 0 aliphatic heterocycles. The van der Waals surface area contributed by atoms with Crippen LogP contribution in [0.15, 0.2) is 24.3 Å². The second-order valence-electron chi connectivity index (χ2n) is 4.62. The van der Waals surface area contributed by atoms with Gasteiger partial charge in [0.15, 0.2) is 6.61 Å². The first kappa shape index (κ1) is 12.7. The third-order valence-corrected chi connectivity index (χ3v) is 3.08. The molecule has 98 valence electrons. The molecule has 18 heavy (non-hydrogen) atoms. The largest absolute Gasteiger partial charge is 0.482 e. The monoisotopic (exact) mass is 250 g/mol. The van der Waals surface area contributed by atoms with Gasteiger partial charge in [0.25, 0.3) is 5.91 Å². The summed E-state index contributed by atoms with van der Waals surface area (Å²) in [6.45, 7) is 0.563. The van der Waals surface area contributed by atoms with Crippen molar-refractivity contribution in [3.63, 3.8) is 0 Å². The van der Waals surface area contributed by atoms with Gasteiger partial charge in [0.1, 0.15) is 5.75 Å². The number of hydrogen-bond donors (Lipinski definition) is 3. The van der Waals surface area contributed by atoms with Crippen molar-refractivity contribution < 1.29 is 14.6 Å². The van der Waals surface area contributed by atoms with Gasteiger partial charge >= 0.3 is 0 Å². The van der Waals surface area contributed by atoms with Gasteiger partial charge in [0, 0.05) is 6.54 Å². The number of ether oxygens (including phenoxy) is 1. The minimum absolute atomic E-state index is 0.0382. The Hall–Kier alpha value is -1.75. The molecule has 1 amide bonds. The summed E-state index contributed by atoms with van der Waals surface area (Å²) in [6.07, 6.45) is 1.35. The van der Waals surface area contributed by atoms with Crippen molar-refractivity contribution in [3.05, 3.63) is 24.3 Å². The fourth-order valence-corrected chi connectivity index (χ4v) is 1.93. The smallest absolute Gasteiger partial charge is 0.257 e. The SMILES string of the molecule is Nc1ccccc1OCC(=O)NCC1CC(O)C1. The molecule has 4 N–H and O–H groups in total. The highest BCUT2D eigenvalue weighted by molar-refractivity contribution is 5.77. The maximum absolute atomic E-state index is 11.5. The molecule has 1 aliphatic rings. The minimum Gasteiger partial charge on any atom is -0.482 e. The molecule has 0 bridgehead atoms. The summed E-state index contributed by atoms with van der Waals surface area (Å²) in [5.74, 6) is 0.747. The standard InChI is InChI=1S/C13H18N2O3/c14-11-3-1-2-4-12(11)18-8-13(17)15-7-9-5-10(16)6-9/h1-4,9-10,16H,5-8,14H2,(H,15,17). The second kappa shape index (κ2) is 5.73. The number of amides is 1. The number of anilines is 1. The van der Waals surface area contributed by atoms with Crippen molar-refractivity contribution in [1.82, 2.24) is 5.32 Å². The fourth-order valence-electron chi connectivity index (χ4n) is 1.93. The minimum atomic E-state index is -0.188. The van der Waals surface area contributed by atoms with E-state index in [9.17, 15) is 4.79 Å². The van der Waals surface area contributed by atoms with E-state index in [4.69, 9.17) is 15.6 Å². The summed E-state index contributed by atoms with van der Waals surface area (Å²) in [7, 11) is 0. The number of aliphatic hydroxyl groups excluding tert-OH is 1. The quantitative estimate of drug-likeness (QED) is 0.666. The molecular weight excluding hydrogens is 232 g/mol. The van der Waals surface area contributed by atoms with Crippen molar-refractivity contribution in [1.29, 1.82) is 0 Å². The lowest BCUT2D eigenvalue weighted by Gasteiger charge is -2.31. The van der Waals surface area contributed by atoms with Gasteiger partial charge in [-0.1, -0.05) is 12.1 Å². The van der Waals surface area contributed by atoms with Crippen LogP contribution >= 0.6 is 0 Å². The summed E-state index contributed by atoms with van der Waals surface area (Å²) >= 11 is 0. The molecule has 0 spiro atoms. The number of nitrogens with one attached hydrogen (secondary N) is 1. The molecule has 1 fully saturated rings. The van der Waals surface area contributed by atoms with Crippen molar-refractivity contribution in [3.8, 4) is 5.75 Å². The van der Waals surface area contributed by atoms with E-state index >= 15 is 0 Å². The molecule has 0 atom stereocenters. The number of para-hydroxylation sites is 2. The van der Waals surface area contributed by atoms with Crippen LogP contribution in [0.1, 0.15) is 12.8 Å². The first-order valence-corrected chi connectivity index (χ1v) is 6.07. The van der Waals surface area contributed by atoms with E-state index in [0.717, 1.165) is 12.8 Å². The Labute approximate surface area is 106 Å². The second-order valence-corrected chi connectivity index (χ2v) is 4.62. The predicted octanol–water partition coefficient (Wildman–Crippen LogP) is 0.535. The number of carbonyl (C=O) groups is 1. The van der Waals surface area contributed by atoms with Crippen molar-refractivity contribution in [2.75, 3.05) is 18.9 Å². The first-order valence-electron chi connectivity index (χ1n) is 6.07. The third-order valence-electron chi connectivity index (χ3n) is 3.08. The zero-order valence-corrected chi connectivity index (χ0v) is 10.1. The molecule has 0 aromatic heterocycles. The lowest BCUT2D eigenvalue weighted by atomic mass is 9.82. The maximum atomic E-state index is 11.5. The number of aliphatic hydroxyl groups is 1. The van der Waals surface area contributed by atoms with E-state index in [1.165, 1.54) is 0 Å². The van der Waals surface area contributed by atoms with Gasteiger partial charge in [0.05, 0.1) is 11.8 Å². The number of nitrogen functional groups attached to an aromatic ring is 1. The third kappa shape index (κ3) is 3.37. The average molecular weight is 250 g/mol. The summed E-state index contributed by atoms with van der Waals surface area (Å²) in [5.41, 5.74) is 6.21. The summed E-state index contributed by atoms with van der Waals surface area (Å²) in [4.78, 5) is 11.5. The Morgan fingerprint density at radius 3 is 2.83 bits per heavy atom. The molecule has 5 nitrogen and oxygen atoms in total. The lowest BCUT2D eigenvalue weighted by molar-refractivity contribution is -0.123. The molecule has 1 saturated carbocycles. The molecule has 0 saturated heterocycles. The Bertz CT molecular complexity index is 416. The van der Waals surface area contributed by atoms with Gasteiger partial charge < -0.3 is 20.9 Å². The first-order chi connectivity index (χ1) is 8.65. The van der Waals surface area contributed by atoms with Crippen molar-refractivity contribution in [2.45, 2.75) is 18.9 Å². The highest BCUT2D eigenvalue weighted by Gasteiger charge is 2.27. The van der Waals surface area contributed by atoms with Crippen molar-refractivity contribution >= 4 is 11.6 Å². The van der Waals surface area contributed by atoms with Crippen LogP contribution in [-0.2, 0) is 4.79 Å². The molecule has 1 aliphatic carbocycles. The van der Waals surface area contributed by atoms with Crippen LogP contribution in [0.5, 0.6) is 5.75 Å². The van der Waals surface area contributed by atoms with Crippen LogP contribution in [0, 0.1) is 5.92 Å². The lowest BCUT2D eigenvalue weighted by Crippen LogP contribution is -2.39. The van der Waals surface area contributed by atoms with Gasteiger partial charge in [-0.2, -0.15) is 0 Å². The summed E-state index contributed by atoms with van der Waals surface area (Å²) < 4.78 is 5.32. The number of benzene rings is 1. The van der Waals surface area contributed by atoms with E-state index in [1.54, 1.807) is 18.2 Å². The Kier molecular flexibility index (Phi) is 4.04. The molecular formula is C13H18N2O3. The van der Waals surface area contributed by atoms with E-state index in [0.29, 0.717) is 23.9 Å². The van der Waals surface area contributed by atoms with Crippen LogP contribution in [0.2, 0.25) is 0 Å². The Balaban J connectivity index is 1.67. The zero-order valence-electron chi connectivity index (χ0n) is 10.1. The highest BCUT2D eigenvalue weighted by atomic mass is 16.5. The molecule has 1 aromatic carbocycles. The van der Waals surface area contributed by atoms with E-state index in [2.05, 4.69) is 5.32 Å². The predicted molar refractivity (Wildman–Crippen MR) is 68.1 cm³/mol. The maximum Gasteiger partial charge on any atom is 0.257 e. The van der Waals surface area contributed by atoms with E-state index in [-0.39, 0.29) is 18.6 Å². The molecule has 2 rings (SSSR count). The van der Waals surface area contributed by atoms with E-state index < -0.39 is 0 Å². The van der Waals surface area contributed by atoms with Crippen LogP contribution in [0.3, 0.4) is 0 Å². The van der Waals surface area contributed by atoms with E-state index in [1.807, 2.05) is 6.07 Å². The normalized spacial score (nSPS) is 22.1. The number of hydrogen-bond acceptors (Lipinski definition) is 4. The summed E-state index contributed by atoms with van der Waals surface area (Å²) in [5, 5.41) is 11.9. The molecule has 0 unspecified atom stereocenters. The molecule has 0 radical (unpaired) electrons. The van der Waals surface area contributed by atoms with Crippen LogP contribution in [0.4, 0.5) is 5.69 Å². The van der Waals surface area contributed by atoms with Gasteiger partial charge in [-0.15, -0.1) is 0 Å². The molecule has 5 heteroatoms. The van der Waals surface area contributed by atoms with Crippen molar-refractivity contribution in [2.24, 2.45) is 5.92 Å². The number of carbonyl (C=O) groups excluding carboxylic acids is 1. The van der Waals surface area contributed by atoms with Gasteiger partial charge in [-0.05, 0) is 30.9 Å². The van der Waals surface area contributed by atoms with Crippen LogP contribution < -0.4 is 15.8 Å². The molecule has 1 aromatic rings. The summed E-state index contributed by atoms with van der Waals surface area (Å²) in [6, 6.07) is 7.07. The fraction of sp³-hybridized carbons (Fsp3) is 0.462. The highest BCUT2D eigenvalue weighted by Crippen LogP contribution is 2.26. The number of nitrogens with two attached hydrogens (primary N) is 1. The molecule has 0 heterocycles. The zero-order chi connectivity index (χ0) is 13.0. The van der Waals surface area contributed by atoms with Gasteiger partial charge in [0.2, 0.25) is 0 Å². The van der Waals surface area contributed by atoms with Crippen LogP contribution in [-0.4, -0.2) is 30.3 Å².